The van der Waals surface area contributed by atoms with Crippen molar-refractivity contribution in [3.05, 3.63) is 53.6 Å². The zero-order valence-electron chi connectivity index (χ0n) is 15.6. The maximum atomic E-state index is 12.6. The van der Waals surface area contributed by atoms with Gasteiger partial charge in [0.05, 0.1) is 20.8 Å². The fourth-order valence-electron chi connectivity index (χ4n) is 3.59. The van der Waals surface area contributed by atoms with Gasteiger partial charge in [-0.05, 0) is 37.4 Å². The highest BCUT2D eigenvalue weighted by Gasteiger charge is 2.28. The van der Waals surface area contributed by atoms with Gasteiger partial charge in [-0.2, -0.15) is 0 Å². The van der Waals surface area contributed by atoms with Crippen LogP contribution in [0, 0.1) is 6.92 Å². The SMILES string of the molecule is COc1cc(NC(=O)CN2CCCC2c2ccccc2C)cc(OC)c1. The van der Waals surface area contributed by atoms with Crippen LogP contribution in [0.4, 0.5) is 5.69 Å². The summed E-state index contributed by atoms with van der Waals surface area (Å²) in [5.74, 6) is 1.28. The van der Waals surface area contributed by atoms with Crippen LogP contribution in [0.1, 0.15) is 30.0 Å². The van der Waals surface area contributed by atoms with Gasteiger partial charge in [0, 0.05) is 29.9 Å². The number of rotatable bonds is 6. The van der Waals surface area contributed by atoms with Crippen molar-refractivity contribution in [3.8, 4) is 11.5 Å². The van der Waals surface area contributed by atoms with Crippen LogP contribution in [-0.2, 0) is 4.79 Å². The molecule has 1 atom stereocenters. The molecule has 138 valence electrons. The number of benzene rings is 2. The number of nitrogens with one attached hydrogen (secondary N) is 1. The van der Waals surface area contributed by atoms with Crippen LogP contribution in [0.3, 0.4) is 0 Å². The molecule has 0 aromatic heterocycles. The van der Waals surface area contributed by atoms with Crippen molar-refractivity contribution in [1.82, 2.24) is 4.90 Å². The lowest BCUT2D eigenvalue weighted by Crippen LogP contribution is -2.33. The molecule has 1 N–H and O–H groups in total. The summed E-state index contributed by atoms with van der Waals surface area (Å²) in [5.41, 5.74) is 3.28. The maximum Gasteiger partial charge on any atom is 0.238 e. The molecule has 1 heterocycles. The lowest BCUT2D eigenvalue weighted by Gasteiger charge is -2.25. The van der Waals surface area contributed by atoms with Gasteiger partial charge in [0.25, 0.3) is 0 Å². The van der Waals surface area contributed by atoms with Crippen LogP contribution < -0.4 is 14.8 Å². The molecule has 2 aromatic rings. The monoisotopic (exact) mass is 354 g/mol. The maximum absolute atomic E-state index is 12.6. The molecule has 2 aromatic carbocycles. The Morgan fingerprint density at radius 2 is 1.85 bits per heavy atom. The largest absolute Gasteiger partial charge is 0.497 e. The lowest BCUT2D eigenvalue weighted by molar-refractivity contribution is -0.117. The molecule has 0 radical (unpaired) electrons. The molecule has 5 heteroatoms. The third-order valence-electron chi connectivity index (χ3n) is 4.89. The predicted molar refractivity (Wildman–Crippen MR) is 103 cm³/mol. The van der Waals surface area contributed by atoms with Crippen molar-refractivity contribution in [2.75, 3.05) is 32.6 Å². The Hall–Kier alpha value is -2.53. The summed E-state index contributed by atoms with van der Waals surface area (Å²) < 4.78 is 10.5. The standard InChI is InChI=1S/C21H26N2O3/c1-15-7-4-5-8-19(15)20-9-6-10-23(20)14-21(24)22-16-11-17(25-2)13-18(12-16)26-3/h4-5,7-8,11-13,20H,6,9-10,14H2,1-3H3,(H,22,24). The molecule has 0 aliphatic carbocycles. The van der Waals surface area contributed by atoms with Crippen LogP contribution in [0.2, 0.25) is 0 Å². The number of likely N-dealkylation sites (tertiary alicyclic amines) is 1. The zero-order valence-corrected chi connectivity index (χ0v) is 15.6. The first-order valence-corrected chi connectivity index (χ1v) is 8.93. The van der Waals surface area contributed by atoms with Gasteiger partial charge in [-0.3, -0.25) is 9.69 Å². The molecule has 1 saturated heterocycles. The molecule has 5 nitrogen and oxygen atoms in total. The number of hydrogen-bond acceptors (Lipinski definition) is 4. The van der Waals surface area contributed by atoms with E-state index in [2.05, 4.69) is 41.4 Å². The number of anilines is 1. The summed E-state index contributed by atoms with van der Waals surface area (Å²) >= 11 is 0. The van der Waals surface area contributed by atoms with E-state index in [1.54, 1.807) is 32.4 Å². The summed E-state index contributed by atoms with van der Waals surface area (Å²) in [6.07, 6.45) is 2.20. The van der Waals surface area contributed by atoms with Crippen molar-refractivity contribution in [3.63, 3.8) is 0 Å². The van der Waals surface area contributed by atoms with Crippen molar-refractivity contribution < 1.29 is 14.3 Å². The van der Waals surface area contributed by atoms with Crippen molar-refractivity contribution in [2.45, 2.75) is 25.8 Å². The second kappa shape index (κ2) is 8.23. The van der Waals surface area contributed by atoms with E-state index in [0.29, 0.717) is 29.8 Å². The van der Waals surface area contributed by atoms with Crippen LogP contribution in [0.15, 0.2) is 42.5 Å². The average molecular weight is 354 g/mol. The molecule has 1 aliphatic heterocycles. The molecule has 1 aliphatic rings. The molecule has 26 heavy (non-hydrogen) atoms. The Balaban J connectivity index is 1.69. The van der Waals surface area contributed by atoms with E-state index in [9.17, 15) is 4.79 Å². The quantitative estimate of drug-likeness (QED) is 0.857. The van der Waals surface area contributed by atoms with Gasteiger partial charge >= 0.3 is 0 Å². The van der Waals surface area contributed by atoms with Crippen LogP contribution in [0.5, 0.6) is 11.5 Å². The third kappa shape index (κ3) is 4.17. The number of carbonyl (C=O) groups is 1. The Morgan fingerprint density at radius 1 is 1.15 bits per heavy atom. The van der Waals surface area contributed by atoms with Gasteiger partial charge in [0.1, 0.15) is 11.5 Å². The summed E-state index contributed by atoms with van der Waals surface area (Å²) in [6.45, 7) is 3.45. The van der Waals surface area contributed by atoms with Crippen LogP contribution in [-0.4, -0.2) is 38.1 Å². The molecule has 0 spiro atoms. The Kier molecular flexibility index (Phi) is 5.78. The number of hydrogen-bond donors (Lipinski definition) is 1. The molecular formula is C21H26N2O3. The summed E-state index contributed by atoms with van der Waals surface area (Å²) in [4.78, 5) is 14.9. The highest BCUT2D eigenvalue weighted by molar-refractivity contribution is 5.92. The second-order valence-corrected chi connectivity index (χ2v) is 6.63. The van der Waals surface area contributed by atoms with Crippen molar-refractivity contribution in [1.29, 1.82) is 0 Å². The van der Waals surface area contributed by atoms with Crippen LogP contribution in [0.25, 0.3) is 0 Å². The number of methoxy groups -OCH3 is 2. The van der Waals surface area contributed by atoms with E-state index in [-0.39, 0.29) is 5.91 Å². The number of carbonyl (C=O) groups excluding carboxylic acids is 1. The highest BCUT2D eigenvalue weighted by atomic mass is 16.5. The van der Waals surface area contributed by atoms with Gasteiger partial charge in [-0.25, -0.2) is 0 Å². The average Bonchev–Trinajstić information content (AvgIpc) is 3.09. The molecule has 1 fully saturated rings. The molecular weight excluding hydrogens is 328 g/mol. The minimum absolute atomic E-state index is 0.0270. The van der Waals surface area contributed by atoms with Gasteiger partial charge in [-0.1, -0.05) is 24.3 Å². The molecule has 3 rings (SSSR count). The Bertz CT molecular complexity index is 753. The van der Waals surface area contributed by atoms with E-state index in [0.717, 1.165) is 19.4 Å². The van der Waals surface area contributed by atoms with E-state index in [1.807, 2.05) is 0 Å². The normalized spacial score (nSPS) is 17.1. The van der Waals surface area contributed by atoms with Gasteiger partial charge in [-0.15, -0.1) is 0 Å². The number of amides is 1. The molecule has 0 bridgehead atoms. The second-order valence-electron chi connectivity index (χ2n) is 6.63. The first-order chi connectivity index (χ1) is 12.6. The zero-order chi connectivity index (χ0) is 18.5. The van der Waals surface area contributed by atoms with E-state index >= 15 is 0 Å². The van der Waals surface area contributed by atoms with Gasteiger partial charge < -0.3 is 14.8 Å². The summed E-state index contributed by atoms with van der Waals surface area (Å²) in [5, 5.41) is 2.96. The van der Waals surface area contributed by atoms with E-state index in [1.165, 1.54) is 11.1 Å². The third-order valence-corrected chi connectivity index (χ3v) is 4.89. The minimum atomic E-state index is -0.0270. The van der Waals surface area contributed by atoms with Crippen molar-refractivity contribution in [2.24, 2.45) is 0 Å². The number of ether oxygens (including phenoxy) is 2. The smallest absolute Gasteiger partial charge is 0.238 e. The fraction of sp³-hybridized carbons (Fsp3) is 0.381. The van der Waals surface area contributed by atoms with Gasteiger partial charge in [0.15, 0.2) is 0 Å². The summed E-state index contributed by atoms with van der Waals surface area (Å²) in [7, 11) is 3.19. The first kappa shape index (κ1) is 18.3. The topological polar surface area (TPSA) is 50.8 Å². The number of nitrogens with zero attached hydrogens (tertiary/aromatic N) is 1. The van der Waals surface area contributed by atoms with E-state index < -0.39 is 0 Å². The molecule has 1 amide bonds. The fourth-order valence-corrected chi connectivity index (χ4v) is 3.59. The molecule has 0 saturated carbocycles. The van der Waals surface area contributed by atoms with Crippen molar-refractivity contribution >= 4 is 11.6 Å². The van der Waals surface area contributed by atoms with Gasteiger partial charge in [0.2, 0.25) is 5.91 Å². The van der Waals surface area contributed by atoms with Crippen LogP contribution >= 0.6 is 0 Å². The molecule has 1 unspecified atom stereocenters. The Morgan fingerprint density at radius 3 is 2.50 bits per heavy atom. The summed E-state index contributed by atoms with van der Waals surface area (Å²) in [6, 6.07) is 14.1. The minimum Gasteiger partial charge on any atom is -0.497 e. The lowest BCUT2D eigenvalue weighted by atomic mass is 9.99. The predicted octanol–water partition coefficient (Wildman–Crippen LogP) is 3.79. The Labute approximate surface area is 154 Å². The highest BCUT2D eigenvalue weighted by Crippen LogP contribution is 2.33. The van der Waals surface area contributed by atoms with E-state index in [4.69, 9.17) is 9.47 Å². The first-order valence-electron chi connectivity index (χ1n) is 8.93. The number of aryl methyl sites for hydroxylation is 1.